The Balaban J connectivity index is 2.08. The number of esters is 1. The fourth-order valence-corrected chi connectivity index (χ4v) is 2.48. The molecular weight excluding hydrogens is 258 g/mol. The first kappa shape index (κ1) is 14.7. The van der Waals surface area contributed by atoms with Crippen molar-refractivity contribution < 1.29 is 9.53 Å². The van der Waals surface area contributed by atoms with E-state index in [9.17, 15) is 4.79 Å². The minimum Gasteiger partial charge on any atom is -0.465 e. The highest BCUT2D eigenvalue weighted by atomic mass is 16.5. The van der Waals surface area contributed by atoms with Crippen LogP contribution >= 0.6 is 0 Å². The zero-order valence-electron chi connectivity index (χ0n) is 11.9. The van der Waals surface area contributed by atoms with Gasteiger partial charge in [0.25, 0.3) is 0 Å². The van der Waals surface area contributed by atoms with Gasteiger partial charge in [0.05, 0.1) is 13.2 Å². The van der Waals surface area contributed by atoms with Crippen LogP contribution in [0.15, 0.2) is 6.07 Å². The summed E-state index contributed by atoms with van der Waals surface area (Å²) in [6, 6.07) is 1.59. The minimum atomic E-state index is -0.187. The van der Waals surface area contributed by atoms with Gasteiger partial charge in [-0.15, -0.1) is 0 Å². The second kappa shape index (κ2) is 6.62. The third-order valence-electron chi connectivity index (χ3n) is 3.32. The Labute approximate surface area is 118 Å². The smallest absolute Gasteiger partial charge is 0.323 e. The molecule has 110 valence electrons. The molecule has 7 heteroatoms. The molecule has 1 aliphatic rings. The van der Waals surface area contributed by atoms with Gasteiger partial charge in [0.2, 0.25) is 0 Å². The van der Waals surface area contributed by atoms with Crippen LogP contribution in [0.2, 0.25) is 0 Å². The third kappa shape index (κ3) is 3.43. The number of hydrogen-bond acceptors (Lipinski definition) is 7. The van der Waals surface area contributed by atoms with E-state index < -0.39 is 0 Å². The lowest BCUT2D eigenvalue weighted by Crippen LogP contribution is -2.37. The van der Waals surface area contributed by atoms with E-state index in [1.807, 2.05) is 13.8 Å². The summed E-state index contributed by atoms with van der Waals surface area (Å²) in [5.41, 5.74) is 3.37. The maximum Gasteiger partial charge on any atom is 0.323 e. The predicted molar refractivity (Wildman–Crippen MR) is 74.6 cm³/mol. The van der Waals surface area contributed by atoms with Gasteiger partial charge in [0, 0.05) is 11.8 Å². The second-order valence-corrected chi connectivity index (χ2v) is 4.84. The number of anilines is 1. The molecule has 1 atom stereocenters. The monoisotopic (exact) mass is 279 g/mol. The number of nitrogen functional groups attached to an aromatic ring is 1. The van der Waals surface area contributed by atoms with Gasteiger partial charge in [-0.3, -0.25) is 9.69 Å². The first-order valence-electron chi connectivity index (χ1n) is 6.86. The normalized spacial score (nSPS) is 19.1. The standard InChI is InChI=1S/C13H21N5O2/c1-3-20-13(19)10-5-4-6-18(10)8-12-15-9(2)7-11(16-12)17-14/h7,10H,3-6,8,14H2,1-2H3,(H,15,16,17). The van der Waals surface area contributed by atoms with E-state index >= 15 is 0 Å². The van der Waals surface area contributed by atoms with Gasteiger partial charge in [-0.1, -0.05) is 0 Å². The lowest BCUT2D eigenvalue weighted by Gasteiger charge is -2.22. The van der Waals surface area contributed by atoms with Crippen LogP contribution in [0.5, 0.6) is 0 Å². The van der Waals surface area contributed by atoms with Crippen molar-refractivity contribution in [2.24, 2.45) is 5.84 Å². The Morgan fingerprint density at radius 3 is 3.10 bits per heavy atom. The number of likely N-dealkylation sites (tertiary alicyclic amines) is 1. The Kier molecular flexibility index (Phi) is 4.86. The number of hydrogen-bond donors (Lipinski definition) is 2. The largest absolute Gasteiger partial charge is 0.465 e. The summed E-state index contributed by atoms with van der Waals surface area (Å²) in [7, 11) is 0. The van der Waals surface area contributed by atoms with Crippen molar-refractivity contribution in [1.82, 2.24) is 14.9 Å². The molecule has 0 bridgehead atoms. The maximum absolute atomic E-state index is 11.9. The molecule has 1 aromatic heterocycles. The van der Waals surface area contributed by atoms with Crippen molar-refractivity contribution in [3.05, 3.63) is 17.6 Å². The van der Waals surface area contributed by atoms with Crippen LogP contribution in [0, 0.1) is 6.92 Å². The Bertz CT molecular complexity index is 480. The van der Waals surface area contributed by atoms with Gasteiger partial charge in [0.15, 0.2) is 0 Å². The molecule has 0 radical (unpaired) electrons. The van der Waals surface area contributed by atoms with Crippen LogP contribution in [0.25, 0.3) is 0 Å². The molecule has 2 rings (SSSR count). The highest BCUT2D eigenvalue weighted by Gasteiger charge is 2.32. The van der Waals surface area contributed by atoms with Crippen molar-refractivity contribution in [2.75, 3.05) is 18.6 Å². The van der Waals surface area contributed by atoms with Crippen LogP contribution in [-0.4, -0.2) is 40.0 Å². The molecule has 3 N–H and O–H groups in total. The molecule has 2 heterocycles. The van der Waals surface area contributed by atoms with Crippen molar-refractivity contribution in [2.45, 2.75) is 39.3 Å². The average Bonchev–Trinajstić information content (AvgIpc) is 2.86. The Hall–Kier alpha value is -1.73. The molecule has 1 aromatic rings. The number of nitrogens with one attached hydrogen (secondary N) is 1. The zero-order valence-corrected chi connectivity index (χ0v) is 11.9. The van der Waals surface area contributed by atoms with E-state index in [1.165, 1.54) is 0 Å². The topological polar surface area (TPSA) is 93.4 Å². The molecule has 1 aliphatic heterocycles. The first-order valence-corrected chi connectivity index (χ1v) is 6.86. The van der Waals surface area contributed by atoms with Gasteiger partial charge in [-0.2, -0.15) is 0 Å². The van der Waals surface area contributed by atoms with E-state index in [0.29, 0.717) is 24.8 Å². The Morgan fingerprint density at radius 1 is 1.60 bits per heavy atom. The number of ether oxygens (including phenoxy) is 1. The van der Waals surface area contributed by atoms with Gasteiger partial charge in [0.1, 0.15) is 17.7 Å². The van der Waals surface area contributed by atoms with Gasteiger partial charge < -0.3 is 10.2 Å². The summed E-state index contributed by atoms with van der Waals surface area (Å²) in [5.74, 6) is 6.47. The highest BCUT2D eigenvalue weighted by molar-refractivity contribution is 5.76. The summed E-state index contributed by atoms with van der Waals surface area (Å²) >= 11 is 0. The summed E-state index contributed by atoms with van der Waals surface area (Å²) in [6.07, 6.45) is 1.81. The molecule has 0 aliphatic carbocycles. The van der Waals surface area contributed by atoms with Crippen LogP contribution in [0.4, 0.5) is 5.82 Å². The summed E-state index contributed by atoms with van der Waals surface area (Å²) in [5, 5.41) is 0. The van der Waals surface area contributed by atoms with Crippen LogP contribution in [0.3, 0.4) is 0 Å². The fourth-order valence-electron chi connectivity index (χ4n) is 2.48. The highest BCUT2D eigenvalue weighted by Crippen LogP contribution is 2.20. The SMILES string of the molecule is CCOC(=O)C1CCCN1Cc1nc(C)cc(NN)n1. The lowest BCUT2D eigenvalue weighted by molar-refractivity contribution is -0.148. The number of carbonyl (C=O) groups excluding carboxylic acids is 1. The van der Waals surface area contributed by atoms with E-state index in [4.69, 9.17) is 10.6 Å². The van der Waals surface area contributed by atoms with Crippen molar-refractivity contribution in [1.29, 1.82) is 0 Å². The number of carbonyl (C=O) groups is 1. The van der Waals surface area contributed by atoms with Crippen molar-refractivity contribution in [3.8, 4) is 0 Å². The van der Waals surface area contributed by atoms with Crippen molar-refractivity contribution in [3.63, 3.8) is 0 Å². The second-order valence-electron chi connectivity index (χ2n) is 4.84. The molecular formula is C13H21N5O2. The zero-order chi connectivity index (χ0) is 14.5. The quantitative estimate of drug-likeness (QED) is 0.463. The molecule has 1 fully saturated rings. The predicted octanol–water partition coefficient (Wildman–Crippen LogP) is 0.598. The number of aromatic nitrogens is 2. The number of nitrogens with zero attached hydrogens (tertiary/aromatic N) is 3. The van der Waals surface area contributed by atoms with E-state index in [2.05, 4.69) is 20.3 Å². The van der Waals surface area contributed by atoms with Crippen LogP contribution < -0.4 is 11.3 Å². The van der Waals surface area contributed by atoms with E-state index in [-0.39, 0.29) is 12.0 Å². The summed E-state index contributed by atoms with van der Waals surface area (Å²) in [4.78, 5) is 22.7. The third-order valence-corrected chi connectivity index (χ3v) is 3.32. The number of rotatable bonds is 5. The van der Waals surface area contributed by atoms with Crippen LogP contribution in [-0.2, 0) is 16.1 Å². The molecule has 0 aromatic carbocycles. The molecule has 0 saturated carbocycles. The summed E-state index contributed by atoms with van der Waals surface area (Å²) < 4.78 is 5.11. The molecule has 7 nitrogen and oxygen atoms in total. The molecule has 1 saturated heterocycles. The van der Waals surface area contributed by atoms with E-state index in [1.54, 1.807) is 6.07 Å². The summed E-state index contributed by atoms with van der Waals surface area (Å²) in [6.45, 7) is 5.50. The van der Waals surface area contributed by atoms with Crippen molar-refractivity contribution >= 4 is 11.8 Å². The number of aryl methyl sites for hydroxylation is 1. The lowest BCUT2D eigenvalue weighted by atomic mass is 10.2. The number of hydrazine groups is 1. The fraction of sp³-hybridized carbons (Fsp3) is 0.615. The first-order chi connectivity index (χ1) is 9.63. The molecule has 0 amide bonds. The number of nitrogens with two attached hydrogens (primary N) is 1. The van der Waals surface area contributed by atoms with Gasteiger partial charge in [-0.05, 0) is 33.2 Å². The average molecular weight is 279 g/mol. The van der Waals surface area contributed by atoms with Gasteiger partial charge >= 0.3 is 5.97 Å². The van der Waals surface area contributed by atoms with E-state index in [0.717, 1.165) is 25.1 Å². The Morgan fingerprint density at radius 2 is 2.40 bits per heavy atom. The van der Waals surface area contributed by atoms with Gasteiger partial charge in [-0.25, -0.2) is 15.8 Å². The molecule has 20 heavy (non-hydrogen) atoms. The minimum absolute atomic E-state index is 0.158. The molecule has 1 unspecified atom stereocenters. The molecule has 0 spiro atoms. The van der Waals surface area contributed by atoms with Crippen LogP contribution in [0.1, 0.15) is 31.3 Å². The maximum atomic E-state index is 11.9.